The van der Waals surface area contributed by atoms with Crippen LogP contribution in [0.2, 0.25) is 0 Å². The van der Waals surface area contributed by atoms with Crippen molar-refractivity contribution < 1.29 is 0 Å². The fourth-order valence-electron chi connectivity index (χ4n) is 2.34. The van der Waals surface area contributed by atoms with E-state index >= 15 is 0 Å². The smallest absolute Gasteiger partial charge is 0.141 e. The van der Waals surface area contributed by atoms with Crippen LogP contribution in [0.5, 0.6) is 0 Å². The number of benzene rings is 1. The van der Waals surface area contributed by atoms with Crippen LogP contribution in [-0.2, 0) is 0 Å². The molecule has 4 rings (SSSR count). The third kappa shape index (κ3) is 1.57. The maximum atomic E-state index is 4.33. The van der Waals surface area contributed by atoms with Gasteiger partial charge >= 0.3 is 0 Å². The summed E-state index contributed by atoms with van der Waals surface area (Å²) in [4.78, 5) is 15.8. The number of nitrogens with one attached hydrogen (secondary N) is 1. The van der Waals surface area contributed by atoms with Gasteiger partial charge in [-0.1, -0.05) is 12.1 Å². The van der Waals surface area contributed by atoms with Gasteiger partial charge in [0, 0.05) is 34.9 Å². The van der Waals surface area contributed by atoms with E-state index in [1.54, 1.807) is 6.33 Å². The summed E-state index contributed by atoms with van der Waals surface area (Å²) in [6.07, 6.45) is 7.16. The summed E-state index contributed by atoms with van der Waals surface area (Å²) < 4.78 is 0. The van der Waals surface area contributed by atoms with E-state index in [0.717, 1.165) is 33.1 Å². The third-order valence-electron chi connectivity index (χ3n) is 3.27. The molecular weight excluding hydrogens is 236 g/mol. The van der Waals surface area contributed by atoms with Crippen molar-refractivity contribution in [3.05, 3.63) is 55.2 Å². The summed E-state index contributed by atoms with van der Waals surface area (Å²) >= 11 is 0. The van der Waals surface area contributed by atoms with Crippen LogP contribution in [0.15, 0.2) is 55.2 Å². The highest BCUT2D eigenvalue weighted by Gasteiger charge is 2.07. The summed E-state index contributed by atoms with van der Waals surface area (Å²) in [5, 5.41) is 2.16. The molecule has 0 amide bonds. The number of fused-ring (bicyclic) bond motifs is 2. The third-order valence-corrected chi connectivity index (χ3v) is 3.27. The van der Waals surface area contributed by atoms with Crippen molar-refractivity contribution in [1.29, 1.82) is 0 Å². The molecule has 3 heterocycles. The molecule has 19 heavy (non-hydrogen) atoms. The van der Waals surface area contributed by atoms with Gasteiger partial charge in [-0.3, -0.25) is 4.98 Å². The molecule has 0 aliphatic heterocycles. The Morgan fingerprint density at radius 2 is 2.05 bits per heavy atom. The standard InChI is InChI=1S/C15H10N4/c1-2-11-6-10(3-4-14(11)17-5-1)12-8-18-15-13(12)7-16-9-19-15/h1-9H,(H,16,18,19). The minimum Gasteiger partial charge on any atom is -0.345 e. The predicted molar refractivity (Wildman–Crippen MR) is 74.6 cm³/mol. The van der Waals surface area contributed by atoms with Crippen molar-refractivity contribution in [1.82, 2.24) is 19.9 Å². The normalized spacial score (nSPS) is 11.2. The number of H-pyrrole nitrogens is 1. The summed E-state index contributed by atoms with van der Waals surface area (Å²) in [7, 11) is 0. The molecule has 0 unspecified atom stereocenters. The zero-order chi connectivity index (χ0) is 12.7. The van der Waals surface area contributed by atoms with E-state index < -0.39 is 0 Å². The van der Waals surface area contributed by atoms with Gasteiger partial charge in [0.15, 0.2) is 0 Å². The number of nitrogens with zero attached hydrogens (tertiary/aromatic N) is 3. The first kappa shape index (κ1) is 10.2. The minimum absolute atomic E-state index is 0.858. The van der Waals surface area contributed by atoms with Gasteiger partial charge in [0.05, 0.1) is 5.52 Å². The lowest BCUT2D eigenvalue weighted by Gasteiger charge is -2.01. The molecule has 1 N–H and O–H groups in total. The van der Waals surface area contributed by atoms with E-state index in [4.69, 9.17) is 0 Å². The maximum absolute atomic E-state index is 4.33. The quantitative estimate of drug-likeness (QED) is 0.561. The van der Waals surface area contributed by atoms with E-state index in [1.807, 2.05) is 30.7 Å². The summed E-state index contributed by atoms with van der Waals surface area (Å²) in [6.45, 7) is 0. The number of pyridine rings is 1. The van der Waals surface area contributed by atoms with Crippen LogP contribution < -0.4 is 0 Å². The molecule has 4 nitrogen and oxygen atoms in total. The minimum atomic E-state index is 0.858. The molecule has 4 heteroatoms. The Hall–Kier alpha value is -2.75. The van der Waals surface area contributed by atoms with Gasteiger partial charge in [-0.05, 0) is 23.8 Å². The SMILES string of the molecule is c1cnc2ccc(-c3c[nH]c4ncncc34)cc2c1. The van der Waals surface area contributed by atoms with E-state index in [0.29, 0.717) is 0 Å². The lowest BCUT2D eigenvalue weighted by atomic mass is 10.0. The highest BCUT2D eigenvalue weighted by atomic mass is 14.9. The average Bonchev–Trinajstić information content (AvgIpc) is 2.91. The van der Waals surface area contributed by atoms with E-state index in [1.165, 1.54) is 0 Å². The van der Waals surface area contributed by atoms with Gasteiger partial charge in [0.1, 0.15) is 12.0 Å². The monoisotopic (exact) mass is 246 g/mol. The van der Waals surface area contributed by atoms with Crippen molar-refractivity contribution in [2.24, 2.45) is 0 Å². The van der Waals surface area contributed by atoms with Crippen molar-refractivity contribution in [2.75, 3.05) is 0 Å². The maximum Gasteiger partial charge on any atom is 0.141 e. The first-order valence-corrected chi connectivity index (χ1v) is 6.04. The predicted octanol–water partition coefficient (Wildman–Crippen LogP) is 3.17. The fourth-order valence-corrected chi connectivity index (χ4v) is 2.34. The highest BCUT2D eigenvalue weighted by Crippen LogP contribution is 2.28. The fraction of sp³-hybridized carbons (Fsp3) is 0. The number of hydrogen-bond donors (Lipinski definition) is 1. The molecule has 0 atom stereocenters. The summed E-state index contributed by atoms with van der Waals surface area (Å²) in [5.41, 5.74) is 4.11. The molecule has 0 fully saturated rings. The zero-order valence-corrected chi connectivity index (χ0v) is 10.0. The second-order valence-corrected chi connectivity index (χ2v) is 4.40. The van der Waals surface area contributed by atoms with Crippen LogP contribution in [0, 0.1) is 0 Å². The molecule has 4 aromatic rings. The molecule has 0 saturated carbocycles. The summed E-state index contributed by atoms with van der Waals surface area (Å²) in [6, 6.07) is 10.3. The molecule has 3 aromatic heterocycles. The first-order chi connectivity index (χ1) is 9.42. The number of rotatable bonds is 1. The number of aromatic amines is 1. The number of hydrogen-bond acceptors (Lipinski definition) is 3. The summed E-state index contributed by atoms with van der Waals surface area (Å²) in [5.74, 6) is 0. The van der Waals surface area contributed by atoms with Crippen LogP contribution in [0.4, 0.5) is 0 Å². The molecular formula is C15H10N4. The topological polar surface area (TPSA) is 54.5 Å². The Labute approximate surface area is 109 Å². The molecule has 0 aliphatic rings. The van der Waals surface area contributed by atoms with Gasteiger partial charge in [0.2, 0.25) is 0 Å². The second kappa shape index (κ2) is 3.88. The Kier molecular flexibility index (Phi) is 2.08. The van der Waals surface area contributed by atoms with Crippen molar-refractivity contribution in [3.63, 3.8) is 0 Å². The Morgan fingerprint density at radius 1 is 1.05 bits per heavy atom. The molecule has 0 aliphatic carbocycles. The van der Waals surface area contributed by atoms with Crippen molar-refractivity contribution in [3.8, 4) is 11.1 Å². The van der Waals surface area contributed by atoms with E-state index in [2.05, 4.69) is 38.1 Å². The van der Waals surface area contributed by atoms with E-state index in [-0.39, 0.29) is 0 Å². The Morgan fingerprint density at radius 3 is 3.05 bits per heavy atom. The van der Waals surface area contributed by atoms with Gasteiger partial charge in [-0.15, -0.1) is 0 Å². The highest BCUT2D eigenvalue weighted by molar-refractivity contribution is 5.95. The lowest BCUT2D eigenvalue weighted by molar-refractivity contribution is 1.20. The zero-order valence-electron chi connectivity index (χ0n) is 10.0. The van der Waals surface area contributed by atoms with Crippen molar-refractivity contribution >= 4 is 21.9 Å². The van der Waals surface area contributed by atoms with Crippen LogP contribution in [0.1, 0.15) is 0 Å². The van der Waals surface area contributed by atoms with Gasteiger partial charge in [-0.25, -0.2) is 9.97 Å². The van der Waals surface area contributed by atoms with Crippen LogP contribution >= 0.6 is 0 Å². The lowest BCUT2D eigenvalue weighted by Crippen LogP contribution is -1.81. The molecule has 1 aromatic carbocycles. The van der Waals surface area contributed by atoms with Crippen LogP contribution in [0.25, 0.3) is 33.1 Å². The molecule has 90 valence electrons. The molecule has 0 saturated heterocycles. The van der Waals surface area contributed by atoms with Crippen molar-refractivity contribution in [2.45, 2.75) is 0 Å². The number of aromatic nitrogens is 4. The largest absolute Gasteiger partial charge is 0.345 e. The second-order valence-electron chi connectivity index (χ2n) is 4.40. The van der Waals surface area contributed by atoms with Gasteiger partial charge < -0.3 is 4.98 Å². The van der Waals surface area contributed by atoms with Crippen LogP contribution in [0.3, 0.4) is 0 Å². The average molecular weight is 246 g/mol. The van der Waals surface area contributed by atoms with Gasteiger partial charge in [0.25, 0.3) is 0 Å². The van der Waals surface area contributed by atoms with Crippen LogP contribution in [-0.4, -0.2) is 19.9 Å². The first-order valence-electron chi connectivity index (χ1n) is 6.04. The molecule has 0 spiro atoms. The van der Waals surface area contributed by atoms with Gasteiger partial charge in [-0.2, -0.15) is 0 Å². The molecule has 0 bridgehead atoms. The van der Waals surface area contributed by atoms with E-state index in [9.17, 15) is 0 Å². The Balaban J connectivity index is 1.99. The molecule has 0 radical (unpaired) electrons. The Bertz CT molecular complexity index is 879.